The Morgan fingerprint density at radius 2 is 1.83 bits per heavy atom. The molecule has 2 aromatic carbocycles. The summed E-state index contributed by atoms with van der Waals surface area (Å²) in [6, 6.07) is 13.4. The summed E-state index contributed by atoms with van der Waals surface area (Å²) in [5.74, 6) is -0.198. The van der Waals surface area contributed by atoms with Gasteiger partial charge in [0.25, 0.3) is 11.8 Å². The molecule has 2 N–H and O–H groups in total. The highest BCUT2D eigenvalue weighted by Gasteiger charge is 2.34. The molecule has 0 aromatic heterocycles. The van der Waals surface area contributed by atoms with E-state index in [2.05, 4.69) is 26.6 Å². The number of likely N-dealkylation sites (tertiary alicyclic amines) is 1. The van der Waals surface area contributed by atoms with Crippen LogP contribution in [0.1, 0.15) is 47.4 Å². The first-order valence-corrected chi connectivity index (χ1v) is 10.9. The van der Waals surface area contributed by atoms with Crippen LogP contribution in [-0.2, 0) is 4.79 Å². The van der Waals surface area contributed by atoms with Crippen molar-refractivity contribution in [1.82, 2.24) is 10.2 Å². The van der Waals surface area contributed by atoms with E-state index in [1.54, 1.807) is 53.4 Å². The van der Waals surface area contributed by atoms with Gasteiger partial charge in [0.1, 0.15) is 6.04 Å². The second kappa shape index (κ2) is 9.89. The fraction of sp³-hybridized carbons (Fsp3) is 0.348. The van der Waals surface area contributed by atoms with Crippen molar-refractivity contribution in [3.8, 4) is 0 Å². The van der Waals surface area contributed by atoms with Crippen LogP contribution in [0.25, 0.3) is 0 Å². The first kappa shape index (κ1) is 22.0. The summed E-state index contributed by atoms with van der Waals surface area (Å²) in [6.07, 6.45) is 1.46. The quantitative estimate of drug-likeness (QED) is 0.665. The molecule has 3 amide bonds. The highest BCUT2D eigenvalue weighted by atomic mass is 79.9. The predicted octanol–water partition coefficient (Wildman–Crippen LogP) is 4.08. The van der Waals surface area contributed by atoms with Crippen LogP contribution >= 0.6 is 15.9 Å². The number of nitrogens with zero attached hydrogens (tertiary/aromatic N) is 1. The Labute approximate surface area is 185 Å². The number of carbonyl (C=O) groups is 3. The third-order valence-electron chi connectivity index (χ3n) is 4.97. The molecule has 0 aliphatic carbocycles. The number of hydrogen-bond donors (Lipinski definition) is 2. The Morgan fingerprint density at radius 1 is 1.10 bits per heavy atom. The van der Waals surface area contributed by atoms with Crippen molar-refractivity contribution in [1.29, 1.82) is 0 Å². The first-order chi connectivity index (χ1) is 14.3. The van der Waals surface area contributed by atoms with Gasteiger partial charge < -0.3 is 15.5 Å². The van der Waals surface area contributed by atoms with Crippen LogP contribution in [0, 0.1) is 5.92 Å². The molecular weight excluding hydrogens is 446 g/mol. The highest BCUT2D eigenvalue weighted by molar-refractivity contribution is 9.10. The van der Waals surface area contributed by atoms with E-state index >= 15 is 0 Å². The molecule has 0 spiro atoms. The molecule has 1 heterocycles. The Morgan fingerprint density at radius 3 is 2.53 bits per heavy atom. The molecule has 0 radical (unpaired) electrons. The van der Waals surface area contributed by atoms with Crippen molar-refractivity contribution >= 4 is 39.3 Å². The summed E-state index contributed by atoms with van der Waals surface area (Å²) in [4.78, 5) is 39.7. The van der Waals surface area contributed by atoms with Gasteiger partial charge >= 0.3 is 0 Å². The molecule has 6 nitrogen and oxygen atoms in total. The SMILES string of the molecule is CC(C)CNC(=O)C1CCCN1C(=O)c1cccc(NC(=O)c2ccc(Br)cc2)c1. The Hall–Kier alpha value is -2.67. The van der Waals surface area contributed by atoms with E-state index in [-0.39, 0.29) is 17.7 Å². The molecule has 3 rings (SSSR count). The minimum absolute atomic E-state index is 0.103. The van der Waals surface area contributed by atoms with Gasteiger partial charge in [-0.3, -0.25) is 14.4 Å². The number of hydrogen-bond acceptors (Lipinski definition) is 3. The van der Waals surface area contributed by atoms with E-state index in [1.807, 2.05) is 13.8 Å². The number of carbonyl (C=O) groups excluding carboxylic acids is 3. The zero-order chi connectivity index (χ0) is 21.7. The van der Waals surface area contributed by atoms with E-state index < -0.39 is 6.04 Å². The first-order valence-electron chi connectivity index (χ1n) is 10.1. The zero-order valence-electron chi connectivity index (χ0n) is 17.2. The molecule has 2 aromatic rings. The number of rotatable bonds is 6. The van der Waals surface area contributed by atoms with E-state index in [1.165, 1.54) is 0 Å². The van der Waals surface area contributed by atoms with Crippen molar-refractivity contribution in [2.75, 3.05) is 18.4 Å². The van der Waals surface area contributed by atoms with Gasteiger partial charge in [0.2, 0.25) is 5.91 Å². The molecule has 1 aliphatic heterocycles. The molecule has 1 aliphatic rings. The lowest BCUT2D eigenvalue weighted by Gasteiger charge is -2.24. The summed E-state index contributed by atoms with van der Waals surface area (Å²) in [7, 11) is 0. The van der Waals surface area contributed by atoms with Crippen molar-refractivity contribution in [3.63, 3.8) is 0 Å². The number of amides is 3. The van der Waals surface area contributed by atoms with Gasteiger partial charge in [0.05, 0.1) is 0 Å². The molecule has 0 saturated carbocycles. The van der Waals surface area contributed by atoms with E-state index in [4.69, 9.17) is 0 Å². The van der Waals surface area contributed by atoms with Crippen LogP contribution in [0.4, 0.5) is 5.69 Å². The third-order valence-corrected chi connectivity index (χ3v) is 5.50. The molecule has 1 saturated heterocycles. The Bertz CT molecular complexity index is 928. The molecule has 158 valence electrons. The minimum atomic E-state index is -0.447. The molecule has 30 heavy (non-hydrogen) atoms. The fourth-order valence-corrected chi connectivity index (χ4v) is 3.67. The summed E-state index contributed by atoms with van der Waals surface area (Å²) in [6.45, 7) is 5.21. The van der Waals surface area contributed by atoms with Crippen molar-refractivity contribution in [2.45, 2.75) is 32.7 Å². The van der Waals surface area contributed by atoms with Gasteiger partial charge in [-0.2, -0.15) is 0 Å². The summed E-state index contributed by atoms with van der Waals surface area (Å²) >= 11 is 3.35. The fourth-order valence-electron chi connectivity index (χ4n) is 3.41. The molecule has 7 heteroatoms. The lowest BCUT2D eigenvalue weighted by Crippen LogP contribution is -2.46. The van der Waals surface area contributed by atoms with Crippen LogP contribution in [0.15, 0.2) is 53.0 Å². The van der Waals surface area contributed by atoms with Gasteiger partial charge in [-0.25, -0.2) is 0 Å². The summed E-state index contributed by atoms with van der Waals surface area (Å²) < 4.78 is 0.893. The lowest BCUT2D eigenvalue weighted by atomic mass is 10.1. The second-order valence-corrected chi connectivity index (χ2v) is 8.75. The van der Waals surface area contributed by atoms with Gasteiger partial charge in [0, 0.05) is 34.4 Å². The summed E-state index contributed by atoms with van der Waals surface area (Å²) in [5.41, 5.74) is 1.51. The highest BCUT2D eigenvalue weighted by Crippen LogP contribution is 2.22. The summed E-state index contributed by atoms with van der Waals surface area (Å²) in [5, 5.41) is 5.75. The van der Waals surface area contributed by atoms with E-state index in [0.717, 1.165) is 10.9 Å². The van der Waals surface area contributed by atoms with Crippen LogP contribution in [0.2, 0.25) is 0 Å². The predicted molar refractivity (Wildman–Crippen MR) is 120 cm³/mol. The lowest BCUT2D eigenvalue weighted by molar-refractivity contribution is -0.125. The van der Waals surface area contributed by atoms with Crippen LogP contribution < -0.4 is 10.6 Å². The van der Waals surface area contributed by atoms with Crippen molar-refractivity contribution in [3.05, 3.63) is 64.1 Å². The van der Waals surface area contributed by atoms with Gasteiger partial charge in [-0.1, -0.05) is 35.8 Å². The smallest absolute Gasteiger partial charge is 0.255 e. The van der Waals surface area contributed by atoms with Gasteiger partial charge in [0.15, 0.2) is 0 Å². The second-order valence-electron chi connectivity index (χ2n) is 7.84. The molecule has 1 unspecified atom stereocenters. The number of benzene rings is 2. The maximum Gasteiger partial charge on any atom is 0.255 e. The molecule has 1 atom stereocenters. The monoisotopic (exact) mass is 471 g/mol. The zero-order valence-corrected chi connectivity index (χ0v) is 18.7. The molecule has 1 fully saturated rings. The Balaban J connectivity index is 1.70. The minimum Gasteiger partial charge on any atom is -0.354 e. The average molecular weight is 472 g/mol. The largest absolute Gasteiger partial charge is 0.354 e. The number of halogens is 1. The normalized spacial score (nSPS) is 15.9. The van der Waals surface area contributed by atoms with Crippen LogP contribution in [0.5, 0.6) is 0 Å². The molecular formula is C23H26BrN3O3. The van der Waals surface area contributed by atoms with Crippen LogP contribution in [-0.4, -0.2) is 41.8 Å². The van der Waals surface area contributed by atoms with Crippen LogP contribution in [0.3, 0.4) is 0 Å². The van der Waals surface area contributed by atoms with Gasteiger partial charge in [-0.05, 0) is 61.2 Å². The van der Waals surface area contributed by atoms with Gasteiger partial charge in [-0.15, -0.1) is 0 Å². The molecule has 0 bridgehead atoms. The number of nitrogens with one attached hydrogen (secondary N) is 2. The standard InChI is InChI=1S/C23H26BrN3O3/c1-15(2)14-25-22(29)20-7-4-12-27(20)23(30)17-5-3-6-19(13-17)26-21(28)16-8-10-18(24)11-9-16/h3,5-6,8-11,13,15,20H,4,7,12,14H2,1-2H3,(H,25,29)(H,26,28). The average Bonchev–Trinajstić information content (AvgIpc) is 3.22. The maximum absolute atomic E-state index is 13.1. The van der Waals surface area contributed by atoms with Crippen molar-refractivity contribution < 1.29 is 14.4 Å². The van der Waals surface area contributed by atoms with E-state index in [0.29, 0.717) is 42.2 Å². The topological polar surface area (TPSA) is 78.5 Å². The third kappa shape index (κ3) is 5.48. The Kier molecular flexibility index (Phi) is 7.26. The maximum atomic E-state index is 13.1. The van der Waals surface area contributed by atoms with E-state index in [9.17, 15) is 14.4 Å². The number of anilines is 1. The van der Waals surface area contributed by atoms with Crippen molar-refractivity contribution in [2.24, 2.45) is 5.92 Å².